The van der Waals surface area contributed by atoms with Crippen LogP contribution in [-0.2, 0) is 5.41 Å². The van der Waals surface area contributed by atoms with E-state index in [9.17, 15) is 9.90 Å². The molecule has 4 rings (SSSR count). The highest BCUT2D eigenvalue weighted by Gasteiger charge is 2.55. The fourth-order valence-electron chi connectivity index (χ4n) is 4.31. The predicted octanol–water partition coefficient (Wildman–Crippen LogP) is 0.481. The number of aromatic nitrogens is 3. The minimum absolute atomic E-state index is 0.0168. The number of carbonyl (C=O) groups excluding carboxylic acids is 1. The van der Waals surface area contributed by atoms with Gasteiger partial charge in [0.05, 0.1) is 17.6 Å². The van der Waals surface area contributed by atoms with Crippen molar-refractivity contribution in [2.24, 2.45) is 5.92 Å². The topological polar surface area (TPSA) is 95.6 Å². The molecule has 0 radical (unpaired) electrons. The van der Waals surface area contributed by atoms with Crippen LogP contribution in [-0.4, -0.2) is 75.3 Å². The number of nitrogens with zero attached hydrogens (tertiary/aromatic N) is 5. The van der Waals surface area contributed by atoms with Crippen molar-refractivity contribution < 1.29 is 14.4 Å². The number of likely N-dealkylation sites (tertiary alicyclic amines) is 2. The van der Waals surface area contributed by atoms with E-state index in [-0.39, 0.29) is 23.8 Å². The van der Waals surface area contributed by atoms with Crippen LogP contribution in [0.25, 0.3) is 0 Å². The first-order chi connectivity index (χ1) is 12.6. The molecule has 1 N–H and O–H groups in total. The maximum atomic E-state index is 12.9. The summed E-state index contributed by atoms with van der Waals surface area (Å²) < 4.78 is 5.57. The molecule has 0 aromatic carbocycles. The van der Waals surface area contributed by atoms with Crippen LogP contribution in [0.2, 0.25) is 0 Å². The lowest BCUT2D eigenvalue weighted by Crippen LogP contribution is -2.52. The Morgan fingerprint density at radius 1 is 1.46 bits per heavy atom. The first kappa shape index (κ1) is 17.1. The van der Waals surface area contributed by atoms with E-state index in [2.05, 4.69) is 20.0 Å². The van der Waals surface area contributed by atoms with Gasteiger partial charge >= 0.3 is 0 Å². The zero-order valence-corrected chi connectivity index (χ0v) is 14.8. The van der Waals surface area contributed by atoms with E-state index in [1.54, 1.807) is 31.5 Å². The summed E-state index contributed by atoms with van der Waals surface area (Å²) in [6.45, 7) is 5.34. The molecule has 2 atom stereocenters. The lowest BCUT2D eigenvalue weighted by Gasteiger charge is -2.41. The van der Waals surface area contributed by atoms with Crippen molar-refractivity contribution in [2.75, 3.05) is 39.3 Å². The van der Waals surface area contributed by atoms with Crippen molar-refractivity contribution in [3.8, 4) is 0 Å². The largest absolute Gasteiger partial charge is 0.395 e. The second-order valence-corrected chi connectivity index (χ2v) is 7.22. The van der Waals surface area contributed by atoms with E-state index >= 15 is 0 Å². The van der Waals surface area contributed by atoms with Crippen LogP contribution >= 0.6 is 0 Å². The molecular weight excluding hydrogens is 334 g/mol. The Balaban J connectivity index is 1.65. The Morgan fingerprint density at radius 2 is 2.35 bits per heavy atom. The Kier molecular flexibility index (Phi) is 4.46. The van der Waals surface area contributed by atoms with Gasteiger partial charge in [-0.2, -0.15) is 4.98 Å². The van der Waals surface area contributed by atoms with Crippen LogP contribution in [0.3, 0.4) is 0 Å². The molecule has 2 aromatic rings. The average molecular weight is 357 g/mol. The van der Waals surface area contributed by atoms with E-state index in [1.165, 1.54) is 0 Å². The summed E-state index contributed by atoms with van der Waals surface area (Å²) in [6.07, 6.45) is 4.19. The molecule has 2 aliphatic rings. The van der Waals surface area contributed by atoms with Crippen molar-refractivity contribution in [3.63, 3.8) is 0 Å². The van der Waals surface area contributed by atoms with Gasteiger partial charge in [0.15, 0.2) is 5.82 Å². The molecule has 4 heterocycles. The highest BCUT2D eigenvalue weighted by atomic mass is 16.5. The molecule has 0 saturated carbocycles. The van der Waals surface area contributed by atoms with E-state index < -0.39 is 0 Å². The van der Waals surface area contributed by atoms with Crippen LogP contribution in [0.1, 0.15) is 28.5 Å². The number of pyridine rings is 1. The maximum Gasteiger partial charge on any atom is 0.255 e. The number of carbonyl (C=O) groups is 1. The fraction of sp³-hybridized carbons (Fsp3) is 0.556. The molecular formula is C18H23N5O3. The zero-order valence-electron chi connectivity index (χ0n) is 14.8. The highest BCUT2D eigenvalue weighted by Crippen LogP contribution is 2.44. The summed E-state index contributed by atoms with van der Waals surface area (Å²) in [5.41, 5.74) is 0.210. The molecule has 2 aliphatic heterocycles. The molecule has 0 bridgehead atoms. The van der Waals surface area contributed by atoms with Gasteiger partial charge in [-0.15, -0.1) is 0 Å². The molecule has 0 aliphatic carbocycles. The number of β-amino-alcohol motifs (C(OH)–C–C–N with tert-alkyl or cyclic N) is 1. The number of aliphatic hydroxyl groups excluding tert-OH is 1. The average Bonchev–Trinajstić information content (AvgIpc) is 3.26. The van der Waals surface area contributed by atoms with Gasteiger partial charge in [0.25, 0.3) is 5.91 Å². The summed E-state index contributed by atoms with van der Waals surface area (Å²) in [7, 11) is 0. The number of amides is 1. The third-order valence-electron chi connectivity index (χ3n) is 5.56. The first-order valence-corrected chi connectivity index (χ1v) is 8.96. The Labute approximate surface area is 151 Å². The highest BCUT2D eigenvalue weighted by molar-refractivity contribution is 5.94. The van der Waals surface area contributed by atoms with Crippen molar-refractivity contribution in [2.45, 2.75) is 18.8 Å². The number of piperidine rings is 1. The Bertz CT molecular complexity index is 780. The number of aliphatic hydroxyl groups is 1. The van der Waals surface area contributed by atoms with E-state index in [1.807, 2.05) is 4.90 Å². The third kappa shape index (κ3) is 2.89. The molecule has 8 nitrogen and oxygen atoms in total. The molecule has 2 saturated heterocycles. The lowest BCUT2D eigenvalue weighted by atomic mass is 9.73. The van der Waals surface area contributed by atoms with Gasteiger partial charge < -0.3 is 14.5 Å². The van der Waals surface area contributed by atoms with Crippen LogP contribution in [0.15, 0.2) is 29.0 Å². The van der Waals surface area contributed by atoms with Gasteiger partial charge in [0, 0.05) is 38.6 Å². The van der Waals surface area contributed by atoms with Crippen LogP contribution < -0.4 is 0 Å². The van der Waals surface area contributed by atoms with Crippen molar-refractivity contribution in [3.05, 3.63) is 41.8 Å². The summed E-state index contributed by atoms with van der Waals surface area (Å²) in [5.74, 6) is 1.45. The molecule has 1 amide bonds. The first-order valence-electron chi connectivity index (χ1n) is 8.96. The molecule has 2 aromatic heterocycles. The van der Waals surface area contributed by atoms with Crippen molar-refractivity contribution in [1.82, 2.24) is 24.9 Å². The number of hydrogen-bond donors (Lipinski definition) is 1. The van der Waals surface area contributed by atoms with E-state index in [0.29, 0.717) is 43.5 Å². The van der Waals surface area contributed by atoms with Crippen LogP contribution in [0.5, 0.6) is 0 Å². The summed E-state index contributed by atoms with van der Waals surface area (Å²) >= 11 is 0. The van der Waals surface area contributed by atoms with Gasteiger partial charge in [0.1, 0.15) is 0 Å². The second-order valence-electron chi connectivity index (χ2n) is 7.22. The van der Waals surface area contributed by atoms with Gasteiger partial charge in [-0.05, 0) is 37.9 Å². The van der Waals surface area contributed by atoms with E-state index in [4.69, 9.17) is 4.52 Å². The van der Waals surface area contributed by atoms with Gasteiger partial charge in [0.2, 0.25) is 5.89 Å². The second kappa shape index (κ2) is 6.77. The quantitative estimate of drug-likeness (QED) is 0.850. The molecule has 0 unspecified atom stereocenters. The molecule has 2 fully saturated rings. The third-order valence-corrected chi connectivity index (χ3v) is 5.56. The van der Waals surface area contributed by atoms with E-state index in [0.717, 1.165) is 13.0 Å². The SMILES string of the molecule is Cc1noc([C@]23CN(CCO)CC[C@H]2CN(C(=O)c2cccnc2)C3)n1. The monoisotopic (exact) mass is 357 g/mol. The molecule has 138 valence electrons. The molecule has 0 spiro atoms. The van der Waals surface area contributed by atoms with Gasteiger partial charge in [-0.25, -0.2) is 0 Å². The summed E-state index contributed by atoms with van der Waals surface area (Å²) in [5, 5.41) is 13.3. The predicted molar refractivity (Wildman–Crippen MR) is 92.5 cm³/mol. The van der Waals surface area contributed by atoms with Crippen molar-refractivity contribution in [1.29, 1.82) is 0 Å². The van der Waals surface area contributed by atoms with Crippen molar-refractivity contribution >= 4 is 5.91 Å². The standard InChI is InChI=1S/C18H23N5O3/c1-13-20-17(26-21-13)18-11-22(7-8-24)6-4-15(18)10-23(12-18)16(25)14-3-2-5-19-9-14/h2-3,5,9,15,24H,4,6-8,10-12H2,1H3/t15-,18-/m0/s1. The number of hydrogen-bond acceptors (Lipinski definition) is 7. The Morgan fingerprint density at radius 3 is 3.04 bits per heavy atom. The minimum atomic E-state index is -0.382. The maximum absolute atomic E-state index is 12.9. The minimum Gasteiger partial charge on any atom is -0.395 e. The normalized spacial score (nSPS) is 26.1. The van der Waals surface area contributed by atoms with Gasteiger partial charge in [-0.3, -0.25) is 14.7 Å². The smallest absolute Gasteiger partial charge is 0.255 e. The fourth-order valence-corrected chi connectivity index (χ4v) is 4.31. The van der Waals surface area contributed by atoms with Crippen LogP contribution in [0.4, 0.5) is 0 Å². The van der Waals surface area contributed by atoms with Crippen LogP contribution in [0, 0.1) is 12.8 Å². The number of rotatable bonds is 4. The number of aryl methyl sites for hydroxylation is 1. The molecule has 8 heteroatoms. The molecule has 26 heavy (non-hydrogen) atoms. The van der Waals surface area contributed by atoms with Gasteiger partial charge in [-0.1, -0.05) is 5.16 Å². The summed E-state index contributed by atoms with van der Waals surface area (Å²) in [4.78, 5) is 25.6. The Hall–Kier alpha value is -2.32. The summed E-state index contributed by atoms with van der Waals surface area (Å²) in [6, 6.07) is 3.56. The number of fused-ring (bicyclic) bond motifs is 1. The lowest BCUT2D eigenvalue weighted by molar-refractivity contribution is 0.0731. The zero-order chi connectivity index (χ0) is 18.1.